The molecule has 3 nitrogen and oxygen atoms in total. The fourth-order valence-electron chi connectivity index (χ4n) is 3.39. The van der Waals surface area contributed by atoms with Gasteiger partial charge < -0.3 is 9.47 Å². The third kappa shape index (κ3) is 2.98. The third-order valence-electron chi connectivity index (χ3n) is 4.68. The number of benzene rings is 2. The average molecular weight is 331 g/mol. The van der Waals surface area contributed by atoms with E-state index in [-0.39, 0.29) is 5.41 Å². The Labute approximate surface area is 148 Å². The lowest BCUT2D eigenvalue weighted by Crippen LogP contribution is -2.28. The van der Waals surface area contributed by atoms with E-state index in [4.69, 9.17) is 14.5 Å². The molecule has 2 aliphatic rings. The molecule has 1 aliphatic heterocycles. The van der Waals surface area contributed by atoms with Gasteiger partial charge in [0.2, 0.25) is 0 Å². The summed E-state index contributed by atoms with van der Waals surface area (Å²) in [6, 6.07) is 16.0. The van der Waals surface area contributed by atoms with Crippen LogP contribution in [0.1, 0.15) is 25.8 Å². The van der Waals surface area contributed by atoms with Crippen LogP contribution in [0.25, 0.3) is 6.08 Å². The Morgan fingerprint density at radius 2 is 1.84 bits per heavy atom. The van der Waals surface area contributed by atoms with Crippen molar-refractivity contribution in [3.05, 3.63) is 71.5 Å². The second kappa shape index (κ2) is 5.92. The van der Waals surface area contributed by atoms with Crippen LogP contribution >= 0.6 is 0 Å². The first-order valence-electron chi connectivity index (χ1n) is 8.48. The smallest absolute Gasteiger partial charge is 0.134 e. The summed E-state index contributed by atoms with van der Waals surface area (Å²) in [5.74, 6) is 2.59. The van der Waals surface area contributed by atoms with Crippen LogP contribution in [0, 0.1) is 5.41 Å². The van der Waals surface area contributed by atoms with Crippen LogP contribution in [-0.2, 0) is 0 Å². The highest BCUT2D eigenvalue weighted by Gasteiger charge is 2.35. The number of para-hydroxylation sites is 1. The summed E-state index contributed by atoms with van der Waals surface area (Å²) < 4.78 is 11.5. The molecule has 2 aromatic carbocycles. The van der Waals surface area contributed by atoms with Gasteiger partial charge in [0.05, 0.1) is 12.8 Å². The topological polar surface area (TPSA) is 30.8 Å². The van der Waals surface area contributed by atoms with E-state index in [2.05, 4.69) is 26.0 Å². The minimum absolute atomic E-state index is 0.0432. The minimum atomic E-state index is -0.0432. The second-order valence-electron chi connectivity index (χ2n) is 7.07. The van der Waals surface area contributed by atoms with Crippen LogP contribution in [0.5, 0.6) is 11.5 Å². The van der Waals surface area contributed by atoms with Crippen molar-refractivity contribution in [3.8, 4) is 11.5 Å². The number of rotatable bonds is 2. The van der Waals surface area contributed by atoms with Crippen molar-refractivity contribution in [2.24, 2.45) is 10.4 Å². The number of allylic oxidation sites excluding steroid dienone is 2. The van der Waals surface area contributed by atoms with Crippen LogP contribution in [-0.4, -0.2) is 12.8 Å². The van der Waals surface area contributed by atoms with E-state index >= 15 is 0 Å². The van der Waals surface area contributed by atoms with Gasteiger partial charge in [0.1, 0.15) is 17.3 Å². The van der Waals surface area contributed by atoms with Gasteiger partial charge in [0.15, 0.2) is 0 Å². The molecule has 0 fully saturated rings. The maximum absolute atomic E-state index is 6.20. The van der Waals surface area contributed by atoms with Gasteiger partial charge in [-0.05, 0) is 48.2 Å². The second-order valence-corrected chi connectivity index (χ2v) is 7.07. The standard InChI is InChI=1S/C22H21NO2/c1-22(2)14-17(23-16-7-5-4-6-8-16)13-21-19(22)12-15-11-18(24-3)9-10-20(15)25-21/h4-13H,14H2,1-3H3. The number of ether oxygens (including phenoxy) is 2. The molecule has 1 heterocycles. The highest BCUT2D eigenvalue weighted by atomic mass is 16.5. The summed E-state index contributed by atoms with van der Waals surface area (Å²) in [7, 11) is 1.68. The van der Waals surface area contributed by atoms with Crippen molar-refractivity contribution < 1.29 is 9.47 Å². The first-order chi connectivity index (χ1) is 12.0. The predicted molar refractivity (Wildman–Crippen MR) is 102 cm³/mol. The van der Waals surface area contributed by atoms with Crippen LogP contribution in [0.3, 0.4) is 0 Å². The molecule has 0 aromatic heterocycles. The lowest BCUT2D eigenvalue weighted by Gasteiger charge is -2.36. The van der Waals surface area contributed by atoms with Crippen LogP contribution < -0.4 is 9.47 Å². The molecule has 0 bridgehead atoms. The SMILES string of the molecule is COc1ccc2c(c1)C=C1C(=CC(=Nc3ccccc3)CC1(C)C)O2. The molecule has 0 radical (unpaired) electrons. The Balaban J connectivity index is 1.77. The van der Waals surface area contributed by atoms with Crippen molar-refractivity contribution in [1.29, 1.82) is 0 Å². The lowest BCUT2D eigenvalue weighted by atomic mass is 9.73. The molecule has 4 rings (SSSR count). The summed E-state index contributed by atoms with van der Waals surface area (Å²) in [6.07, 6.45) is 5.16. The zero-order valence-electron chi connectivity index (χ0n) is 14.7. The zero-order valence-corrected chi connectivity index (χ0v) is 14.7. The van der Waals surface area contributed by atoms with Gasteiger partial charge in [-0.1, -0.05) is 32.0 Å². The highest BCUT2D eigenvalue weighted by molar-refractivity contribution is 6.00. The third-order valence-corrected chi connectivity index (χ3v) is 4.68. The molecular formula is C22H21NO2. The quantitative estimate of drug-likeness (QED) is 0.721. The molecule has 3 heteroatoms. The zero-order chi connectivity index (χ0) is 17.4. The van der Waals surface area contributed by atoms with E-state index < -0.39 is 0 Å². The van der Waals surface area contributed by atoms with Crippen LogP contribution in [0.15, 0.2) is 70.9 Å². The molecule has 0 amide bonds. The molecule has 126 valence electrons. The number of aliphatic imine (C=N–C) groups is 1. The number of methoxy groups -OCH3 is 1. The lowest BCUT2D eigenvalue weighted by molar-refractivity contribution is 0.367. The first-order valence-corrected chi connectivity index (χ1v) is 8.48. The number of nitrogens with zero attached hydrogens (tertiary/aromatic N) is 1. The summed E-state index contributed by atoms with van der Waals surface area (Å²) in [6.45, 7) is 4.47. The average Bonchev–Trinajstić information content (AvgIpc) is 2.60. The van der Waals surface area contributed by atoms with Gasteiger partial charge >= 0.3 is 0 Å². The van der Waals surface area contributed by atoms with Crippen molar-refractivity contribution in [3.63, 3.8) is 0 Å². The Morgan fingerprint density at radius 3 is 2.60 bits per heavy atom. The minimum Gasteiger partial charge on any atom is -0.497 e. The van der Waals surface area contributed by atoms with Gasteiger partial charge in [-0.2, -0.15) is 0 Å². The molecule has 0 spiro atoms. The first kappa shape index (κ1) is 15.7. The van der Waals surface area contributed by atoms with Crippen molar-refractivity contribution >= 4 is 17.5 Å². The maximum atomic E-state index is 6.20. The fourth-order valence-corrected chi connectivity index (χ4v) is 3.39. The van der Waals surface area contributed by atoms with E-state index in [1.165, 1.54) is 5.57 Å². The molecule has 0 saturated carbocycles. The molecule has 0 unspecified atom stereocenters. The van der Waals surface area contributed by atoms with Gasteiger partial charge in [-0.3, -0.25) is 4.99 Å². The summed E-state index contributed by atoms with van der Waals surface area (Å²) in [5, 5.41) is 0. The van der Waals surface area contributed by atoms with Crippen molar-refractivity contribution in [2.75, 3.05) is 7.11 Å². The maximum Gasteiger partial charge on any atom is 0.134 e. The largest absolute Gasteiger partial charge is 0.497 e. The molecule has 0 saturated heterocycles. The van der Waals surface area contributed by atoms with E-state index in [0.717, 1.165) is 40.6 Å². The fraction of sp³-hybridized carbons (Fsp3) is 0.227. The van der Waals surface area contributed by atoms with Gasteiger partial charge in [-0.15, -0.1) is 0 Å². The van der Waals surface area contributed by atoms with Crippen LogP contribution in [0.2, 0.25) is 0 Å². The monoisotopic (exact) mass is 331 g/mol. The Morgan fingerprint density at radius 1 is 1.04 bits per heavy atom. The van der Waals surface area contributed by atoms with Gasteiger partial charge in [0.25, 0.3) is 0 Å². The van der Waals surface area contributed by atoms with E-state index in [1.807, 2.05) is 48.5 Å². The molecule has 25 heavy (non-hydrogen) atoms. The molecule has 2 aromatic rings. The summed E-state index contributed by atoms with van der Waals surface area (Å²) in [5.41, 5.74) is 4.24. The van der Waals surface area contributed by atoms with E-state index in [1.54, 1.807) is 7.11 Å². The van der Waals surface area contributed by atoms with E-state index in [0.29, 0.717) is 0 Å². The van der Waals surface area contributed by atoms with Crippen molar-refractivity contribution in [2.45, 2.75) is 20.3 Å². The normalized spacial score (nSPS) is 19.2. The number of hydrogen-bond acceptors (Lipinski definition) is 3. The Hall–Kier alpha value is -2.81. The summed E-state index contributed by atoms with van der Waals surface area (Å²) >= 11 is 0. The molecule has 1 aliphatic carbocycles. The number of fused-ring (bicyclic) bond motifs is 2. The molecule has 0 atom stereocenters. The van der Waals surface area contributed by atoms with Gasteiger partial charge in [-0.25, -0.2) is 0 Å². The van der Waals surface area contributed by atoms with E-state index in [9.17, 15) is 0 Å². The van der Waals surface area contributed by atoms with Crippen LogP contribution in [0.4, 0.5) is 5.69 Å². The van der Waals surface area contributed by atoms with Gasteiger partial charge in [0, 0.05) is 22.9 Å². The summed E-state index contributed by atoms with van der Waals surface area (Å²) in [4.78, 5) is 4.80. The predicted octanol–water partition coefficient (Wildman–Crippen LogP) is 5.56. The molecular weight excluding hydrogens is 310 g/mol. The Bertz CT molecular complexity index is 905. The van der Waals surface area contributed by atoms with Crippen molar-refractivity contribution in [1.82, 2.24) is 0 Å². The highest BCUT2D eigenvalue weighted by Crippen LogP contribution is 2.46. The Kier molecular flexibility index (Phi) is 3.72. The number of hydrogen-bond donors (Lipinski definition) is 0. The molecule has 0 N–H and O–H groups in total.